The van der Waals surface area contributed by atoms with Crippen LogP contribution in [0.25, 0.3) is 11.1 Å². The van der Waals surface area contributed by atoms with E-state index in [1.807, 2.05) is 30.3 Å². The van der Waals surface area contributed by atoms with E-state index in [2.05, 4.69) is 4.74 Å². The molecule has 0 fully saturated rings. The lowest BCUT2D eigenvalue weighted by atomic mass is 10.1. The molecule has 0 atom stereocenters. The molecule has 0 spiro atoms. The van der Waals surface area contributed by atoms with Crippen molar-refractivity contribution in [3.8, 4) is 11.1 Å². The van der Waals surface area contributed by atoms with Gasteiger partial charge in [-0.15, -0.1) is 11.3 Å². The molecule has 2 aromatic rings. The maximum Gasteiger partial charge on any atom is 0.348 e. The Hall–Kier alpha value is -2.14. The highest BCUT2D eigenvalue weighted by Crippen LogP contribution is 2.32. The van der Waals surface area contributed by atoms with Crippen LogP contribution in [-0.4, -0.2) is 26.2 Å². The molecular weight excluding hydrogens is 264 g/mol. The summed E-state index contributed by atoms with van der Waals surface area (Å²) in [5.41, 5.74) is 1.53. The highest BCUT2D eigenvalue weighted by Gasteiger charge is 2.21. The first-order valence-electron chi connectivity index (χ1n) is 5.53. The first-order valence-corrected chi connectivity index (χ1v) is 6.35. The Morgan fingerprint density at radius 3 is 2.21 bits per heavy atom. The minimum absolute atomic E-state index is 0.377. The van der Waals surface area contributed by atoms with Gasteiger partial charge in [0, 0.05) is 5.56 Å². The van der Waals surface area contributed by atoms with Gasteiger partial charge in [0.2, 0.25) is 0 Å². The molecule has 1 aromatic heterocycles. The topological polar surface area (TPSA) is 52.6 Å². The second kappa shape index (κ2) is 5.67. The van der Waals surface area contributed by atoms with Gasteiger partial charge in [-0.2, -0.15) is 0 Å². The summed E-state index contributed by atoms with van der Waals surface area (Å²) in [6, 6.07) is 11.0. The van der Waals surface area contributed by atoms with Gasteiger partial charge < -0.3 is 9.47 Å². The fourth-order valence-corrected chi connectivity index (χ4v) is 2.69. The summed E-state index contributed by atoms with van der Waals surface area (Å²) in [7, 11) is 2.62. The standard InChI is InChI=1S/C14H12O4S/c1-17-13(15)11-8-10(9-6-4-3-5-7-9)12(19-11)14(16)18-2/h3-8H,1-2H3. The van der Waals surface area contributed by atoms with E-state index in [-0.39, 0.29) is 0 Å². The molecule has 0 amide bonds. The molecule has 0 aliphatic heterocycles. The van der Waals surface area contributed by atoms with Crippen molar-refractivity contribution in [1.29, 1.82) is 0 Å². The van der Waals surface area contributed by atoms with E-state index >= 15 is 0 Å². The molecule has 98 valence electrons. The highest BCUT2D eigenvalue weighted by molar-refractivity contribution is 7.16. The van der Waals surface area contributed by atoms with Gasteiger partial charge in [-0.1, -0.05) is 30.3 Å². The van der Waals surface area contributed by atoms with Crippen molar-refractivity contribution < 1.29 is 19.1 Å². The van der Waals surface area contributed by atoms with Gasteiger partial charge in [-0.3, -0.25) is 0 Å². The van der Waals surface area contributed by atoms with Crippen molar-refractivity contribution in [3.05, 3.63) is 46.2 Å². The van der Waals surface area contributed by atoms with E-state index in [1.54, 1.807) is 6.07 Å². The maximum absolute atomic E-state index is 11.8. The number of hydrogen-bond donors (Lipinski definition) is 0. The fraction of sp³-hybridized carbons (Fsp3) is 0.143. The van der Waals surface area contributed by atoms with Crippen molar-refractivity contribution >= 4 is 23.3 Å². The monoisotopic (exact) mass is 276 g/mol. The van der Waals surface area contributed by atoms with Gasteiger partial charge in [0.15, 0.2) is 0 Å². The molecule has 0 bridgehead atoms. The number of hydrogen-bond acceptors (Lipinski definition) is 5. The molecule has 1 heterocycles. The molecule has 0 saturated carbocycles. The zero-order valence-electron chi connectivity index (χ0n) is 10.5. The van der Waals surface area contributed by atoms with E-state index in [1.165, 1.54) is 14.2 Å². The predicted octanol–water partition coefficient (Wildman–Crippen LogP) is 2.99. The van der Waals surface area contributed by atoms with Gasteiger partial charge in [0.25, 0.3) is 0 Å². The Bertz CT molecular complexity index is 601. The maximum atomic E-state index is 11.8. The summed E-state index contributed by atoms with van der Waals surface area (Å²) in [4.78, 5) is 24.1. The van der Waals surface area contributed by atoms with Crippen LogP contribution in [0.4, 0.5) is 0 Å². The smallest absolute Gasteiger partial charge is 0.348 e. The number of ether oxygens (including phenoxy) is 2. The van der Waals surface area contributed by atoms with E-state index in [9.17, 15) is 9.59 Å². The van der Waals surface area contributed by atoms with Gasteiger partial charge in [0.1, 0.15) is 9.75 Å². The lowest BCUT2D eigenvalue weighted by molar-refractivity contribution is 0.0600. The second-order valence-corrected chi connectivity index (χ2v) is 4.75. The Kier molecular flexibility index (Phi) is 3.97. The Balaban J connectivity index is 2.55. The molecule has 0 aliphatic carbocycles. The number of thiophene rings is 1. The van der Waals surface area contributed by atoms with Crippen molar-refractivity contribution in [3.63, 3.8) is 0 Å². The number of methoxy groups -OCH3 is 2. The summed E-state index contributed by atoms with van der Waals surface area (Å²) < 4.78 is 9.42. The molecule has 5 heteroatoms. The van der Waals surface area contributed by atoms with Crippen LogP contribution in [0.15, 0.2) is 36.4 Å². The van der Waals surface area contributed by atoms with Crippen molar-refractivity contribution in [2.45, 2.75) is 0 Å². The SMILES string of the molecule is COC(=O)c1cc(-c2ccccc2)c(C(=O)OC)s1. The molecular formula is C14H12O4S. The zero-order valence-corrected chi connectivity index (χ0v) is 11.3. The molecule has 4 nitrogen and oxygen atoms in total. The summed E-state index contributed by atoms with van der Waals surface area (Å²) >= 11 is 1.07. The zero-order chi connectivity index (χ0) is 13.8. The lowest BCUT2D eigenvalue weighted by Crippen LogP contribution is -1.99. The summed E-state index contributed by atoms with van der Waals surface area (Å²) in [6.45, 7) is 0. The van der Waals surface area contributed by atoms with Crippen LogP contribution in [0, 0.1) is 0 Å². The van der Waals surface area contributed by atoms with Crippen molar-refractivity contribution in [2.75, 3.05) is 14.2 Å². The number of carbonyl (C=O) groups is 2. The minimum atomic E-state index is -0.461. The van der Waals surface area contributed by atoms with E-state index in [0.717, 1.165) is 16.9 Å². The van der Waals surface area contributed by atoms with Gasteiger partial charge in [0.05, 0.1) is 14.2 Å². The van der Waals surface area contributed by atoms with E-state index in [4.69, 9.17) is 4.74 Å². The first-order chi connectivity index (χ1) is 9.17. The third-order valence-corrected chi connectivity index (χ3v) is 3.67. The molecule has 0 unspecified atom stereocenters. The third-order valence-electron chi connectivity index (χ3n) is 2.57. The molecule has 0 aliphatic rings. The van der Waals surface area contributed by atoms with Gasteiger partial charge >= 0.3 is 11.9 Å². The average Bonchev–Trinajstić information content (AvgIpc) is 2.91. The van der Waals surface area contributed by atoms with Gasteiger partial charge in [-0.05, 0) is 11.6 Å². The Labute approximate surface area is 114 Å². The molecule has 2 rings (SSSR count). The van der Waals surface area contributed by atoms with Crippen LogP contribution in [0.5, 0.6) is 0 Å². The fourth-order valence-electron chi connectivity index (χ4n) is 1.67. The number of rotatable bonds is 3. The number of esters is 2. The summed E-state index contributed by atoms with van der Waals surface area (Å²) in [5, 5.41) is 0. The number of benzene rings is 1. The lowest BCUT2D eigenvalue weighted by Gasteiger charge is -2.01. The normalized spacial score (nSPS) is 10.0. The molecule has 1 aromatic carbocycles. The first kappa shape index (κ1) is 13.3. The summed E-state index contributed by atoms with van der Waals surface area (Å²) in [5.74, 6) is -0.920. The van der Waals surface area contributed by atoms with Crippen molar-refractivity contribution in [2.24, 2.45) is 0 Å². The third kappa shape index (κ3) is 2.66. The van der Waals surface area contributed by atoms with Crippen LogP contribution >= 0.6 is 11.3 Å². The Morgan fingerprint density at radius 1 is 1.00 bits per heavy atom. The largest absolute Gasteiger partial charge is 0.465 e. The van der Waals surface area contributed by atoms with Crippen LogP contribution in [0.3, 0.4) is 0 Å². The van der Waals surface area contributed by atoms with E-state index < -0.39 is 11.9 Å². The molecule has 19 heavy (non-hydrogen) atoms. The van der Waals surface area contributed by atoms with Crippen LogP contribution in [0.2, 0.25) is 0 Å². The van der Waals surface area contributed by atoms with Crippen LogP contribution < -0.4 is 0 Å². The highest BCUT2D eigenvalue weighted by atomic mass is 32.1. The quantitative estimate of drug-likeness (QED) is 0.809. The molecule has 0 radical (unpaired) electrons. The van der Waals surface area contributed by atoms with Crippen molar-refractivity contribution in [1.82, 2.24) is 0 Å². The van der Waals surface area contributed by atoms with Crippen LogP contribution in [0.1, 0.15) is 19.3 Å². The average molecular weight is 276 g/mol. The predicted molar refractivity (Wildman–Crippen MR) is 72.4 cm³/mol. The van der Waals surface area contributed by atoms with Gasteiger partial charge in [-0.25, -0.2) is 9.59 Å². The molecule has 0 saturated heterocycles. The number of carbonyl (C=O) groups excluding carboxylic acids is 2. The minimum Gasteiger partial charge on any atom is -0.465 e. The van der Waals surface area contributed by atoms with E-state index in [0.29, 0.717) is 15.3 Å². The molecule has 0 N–H and O–H groups in total. The Morgan fingerprint density at radius 2 is 1.63 bits per heavy atom. The van der Waals surface area contributed by atoms with Crippen LogP contribution in [-0.2, 0) is 9.47 Å². The second-order valence-electron chi connectivity index (χ2n) is 3.70. The summed E-state index contributed by atoms with van der Waals surface area (Å²) in [6.07, 6.45) is 0.